The molecule has 0 radical (unpaired) electrons. The maximum absolute atomic E-state index is 12.6. The Morgan fingerprint density at radius 1 is 1.26 bits per heavy atom. The molecule has 23 heavy (non-hydrogen) atoms. The van der Waals surface area contributed by atoms with E-state index in [2.05, 4.69) is 4.72 Å². The SMILES string of the molecule is Cc1cc([N+](=O)[O-])cc(C)c1S(=O)(=O)NC(CN)CC(C)C.Cl. The summed E-state index contributed by atoms with van der Waals surface area (Å²) in [4.78, 5) is 10.4. The van der Waals surface area contributed by atoms with Crippen LogP contribution < -0.4 is 10.5 Å². The van der Waals surface area contributed by atoms with Gasteiger partial charge in [0.15, 0.2) is 0 Å². The standard InChI is InChI=1S/C14H23N3O4S.ClH/c1-9(2)5-12(8-15)16-22(20,21)14-10(3)6-13(17(18)19)7-11(14)4;/h6-7,9,12,16H,5,8,15H2,1-4H3;1H. The molecule has 0 heterocycles. The Balaban J connectivity index is 0.00000484. The van der Waals surface area contributed by atoms with Crippen molar-refractivity contribution >= 4 is 28.1 Å². The summed E-state index contributed by atoms with van der Waals surface area (Å²) in [5, 5.41) is 10.8. The lowest BCUT2D eigenvalue weighted by atomic mass is 10.1. The van der Waals surface area contributed by atoms with Gasteiger partial charge in [0.05, 0.1) is 9.82 Å². The van der Waals surface area contributed by atoms with Crippen LogP contribution in [0.5, 0.6) is 0 Å². The first kappa shape index (κ1) is 21.8. The Hall–Kier alpha value is -1.22. The van der Waals surface area contributed by atoms with E-state index in [-0.39, 0.29) is 35.6 Å². The third-order valence-corrected chi connectivity index (χ3v) is 5.11. The predicted octanol–water partition coefficient (Wildman–Crippen LogP) is 2.29. The molecule has 3 N–H and O–H groups in total. The molecule has 132 valence electrons. The minimum Gasteiger partial charge on any atom is -0.329 e. The molecule has 0 aromatic heterocycles. The Morgan fingerprint density at radius 2 is 1.74 bits per heavy atom. The average Bonchev–Trinajstić information content (AvgIpc) is 2.35. The van der Waals surface area contributed by atoms with Crippen LogP contribution in [0.1, 0.15) is 31.4 Å². The Bertz CT molecular complexity index is 639. The summed E-state index contributed by atoms with van der Waals surface area (Å²) in [6.07, 6.45) is 0.626. The number of aryl methyl sites for hydroxylation is 2. The molecular formula is C14H24ClN3O4S. The molecule has 0 bridgehead atoms. The summed E-state index contributed by atoms with van der Waals surface area (Å²) < 4.78 is 27.7. The zero-order chi connectivity index (χ0) is 17.1. The zero-order valence-electron chi connectivity index (χ0n) is 13.7. The molecule has 0 saturated carbocycles. The van der Waals surface area contributed by atoms with E-state index in [1.165, 1.54) is 12.1 Å². The van der Waals surface area contributed by atoms with Gasteiger partial charge >= 0.3 is 0 Å². The number of rotatable bonds is 7. The van der Waals surface area contributed by atoms with Crippen molar-refractivity contribution in [2.75, 3.05) is 6.54 Å². The van der Waals surface area contributed by atoms with Gasteiger partial charge in [-0.15, -0.1) is 12.4 Å². The second-order valence-corrected chi connectivity index (χ2v) is 7.50. The maximum atomic E-state index is 12.6. The normalized spacial score (nSPS) is 12.8. The second kappa shape index (κ2) is 8.58. The Kier molecular flexibility index (Phi) is 8.13. The number of hydrogen-bond acceptors (Lipinski definition) is 5. The fourth-order valence-corrected chi connectivity index (χ4v) is 4.21. The minimum atomic E-state index is -3.77. The molecule has 1 rings (SSSR count). The van der Waals surface area contributed by atoms with E-state index in [0.717, 1.165) is 0 Å². The smallest absolute Gasteiger partial charge is 0.270 e. The first-order valence-corrected chi connectivity index (χ1v) is 8.54. The molecule has 7 nitrogen and oxygen atoms in total. The van der Waals surface area contributed by atoms with E-state index < -0.39 is 14.9 Å². The van der Waals surface area contributed by atoms with E-state index >= 15 is 0 Å². The van der Waals surface area contributed by atoms with Gasteiger partial charge in [0.2, 0.25) is 10.0 Å². The first-order valence-electron chi connectivity index (χ1n) is 7.06. The molecule has 0 fully saturated rings. The van der Waals surface area contributed by atoms with Gasteiger partial charge in [-0.3, -0.25) is 10.1 Å². The molecule has 0 saturated heterocycles. The van der Waals surface area contributed by atoms with E-state index in [0.29, 0.717) is 23.5 Å². The summed E-state index contributed by atoms with van der Waals surface area (Å²) in [7, 11) is -3.77. The molecule has 0 aliphatic carbocycles. The molecule has 0 amide bonds. The van der Waals surface area contributed by atoms with Gasteiger partial charge in [0, 0.05) is 24.7 Å². The number of nitrogens with two attached hydrogens (primary N) is 1. The summed E-state index contributed by atoms with van der Waals surface area (Å²) >= 11 is 0. The third kappa shape index (κ3) is 5.72. The van der Waals surface area contributed by atoms with Gasteiger partial charge in [0.25, 0.3) is 5.69 Å². The molecule has 1 aromatic rings. The van der Waals surface area contributed by atoms with Gasteiger partial charge in [-0.2, -0.15) is 0 Å². The van der Waals surface area contributed by atoms with Crippen LogP contribution >= 0.6 is 12.4 Å². The van der Waals surface area contributed by atoms with Gasteiger partial charge in [0.1, 0.15) is 0 Å². The number of non-ortho nitro benzene ring substituents is 1. The van der Waals surface area contributed by atoms with Crippen LogP contribution in [0.15, 0.2) is 17.0 Å². The predicted molar refractivity (Wildman–Crippen MR) is 92.4 cm³/mol. The quantitative estimate of drug-likeness (QED) is 0.568. The average molecular weight is 366 g/mol. The second-order valence-electron chi connectivity index (χ2n) is 5.85. The van der Waals surface area contributed by atoms with Crippen LogP contribution in [-0.4, -0.2) is 25.9 Å². The van der Waals surface area contributed by atoms with Gasteiger partial charge in [-0.05, 0) is 37.3 Å². The molecule has 9 heteroatoms. The van der Waals surface area contributed by atoms with Crippen LogP contribution in [-0.2, 0) is 10.0 Å². The van der Waals surface area contributed by atoms with Crippen molar-refractivity contribution in [3.8, 4) is 0 Å². The number of nitro groups is 1. The topological polar surface area (TPSA) is 115 Å². The molecule has 0 aliphatic heterocycles. The highest BCUT2D eigenvalue weighted by Gasteiger charge is 2.25. The van der Waals surface area contributed by atoms with Gasteiger partial charge < -0.3 is 5.73 Å². The number of nitrogens with one attached hydrogen (secondary N) is 1. The lowest BCUT2D eigenvalue weighted by molar-refractivity contribution is -0.385. The molecular weight excluding hydrogens is 342 g/mol. The highest BCUT2D eigenvalue weighted by atomic mass is 35.5. The molecule has 1 aromatic carbocycles. The number of halogens is 1. The van der Waals surface area contributed by atoms with E-state index in [4.69, 9.17) is 5.73 Å². The lowest BCUT2D eigenvalue weighted by Gasteiger charge is -2.20. The van der Waals surface area contributed by atoms with E-state index in [1.54, 1.807) is 13.8 Å². The molecule has 0 aliphatic rings. The molecule has 1 atom stereocenters. The Labute approximate surface area is 143 Å². The van der Waals surface area contributed by atoms with Gasteiger partial charge in [-0.1, -0.05) is 13.8 Å². The third-order valence-electron chi connectivity index (χ3n) is 3.29. The fourth-order valence-electron chi connectivity index (χ4n) is 2.50. The number of nitrogens with zero attached hydrogens (tertiary/aromatic N) is 1. The summed E-state index contributed by atoms with van der Waals surface area (Å²) in [5.74, 6) is 0.301. The van der Waals surface area contributed by atoms with Gasteiger partial charge in [-0.25, -0.2) is 13.1 Å². The fraction of sp³-hybridized carbons (Fsp3) is 0.571. The summed E-state index contributed by atoms with van der Waals surface area (Å²) in [6, 6.07) is 2.17. The zero-order valence-corrected chi connectivity index (χ0v) is 15.3. The largest absolute Gasteiger partial charge is 0.329 e. The van der Waals surface area contributed by atoms with Crippen LogP contribution in [0.25, 0.3) is 0 Å². The van der Waals surface area contributed by atoms with Crippen molar-refractivity contribution in [2.45, 2.75) is 45.1 Å². The molecule has 1 unspecified atom stereocenters. The van der Waals surface area contributed by atoms with Crippen LogP contribution in [0.3, 0.4) is 0 Å². The van der Waals surface area contributed by atoms with Crippen molar-refractivity contribution in [3.05, 3.63) is 33.4 Å². The Morgan fingerprint density at radius 3 is 2.09 bits per heavy atom. The number of nitro benzene ring substituents is 1. The number of benzene rings is 1. The number of hydrogen-bond donors (Lipinski definition) is 2. The van der Waals surface area contributed by atoms with Crippen molar-refractivity contribution in [2.24, 2.45) is 11.7 Å². The van der Waals surface area contributed by atoms with Crippen LogP contribution in [0.4, 0.5) is 5.69 Å². The van der Waals surface area contributed by atoms with Crippen LogP contribution in [0, 0.1) is 29.9 Å². The summed E-state index contributed by atoms with van der Waals surface area (Å²) in [6.45, 7) is 7.27. The van der Waals surface area contributed by atoms with Crippen molar-refractivity contribution in [1.82, 2.24) is 4.72 Å². The summed E-state index contributed by atoms with van der Waals surface area (Å²) in [5.41, 5.74) is 6.20. The minimum absolute atomic E-state index is 0. The lowest BCUT2D eigenvalue weighted by Crippen LogP contribution is -2.41. The van der Waals surface area contributed by atoms with Crippen molar-refractivity contribution in [1.29, 1.82) is 0 Å². The van der Waals surface area contributed by atoms with Crippen LogP contribution in [0.2, 0.25) is 0 Å². The number of sulfonamides is 1. The first-order chi connectivity index (χ1) is 10.1. The molecule has 0 spiro atoms. The maximum Gasteiger partial charge on any atom is 0.270 e. The van der Waals surface area contributed by atoms with Crippen molar-refractivity contribution < 1.29 is 13.3 Å². The van der Waals surface area contributed by atoms with E-state index in [9.17, 15) is 18.5 Å². The highest BCUT2D eigenvalue weighted by molar-refractivity contribution is 7.89. The highest BCUT2D eigenvalue weighted by Crippen LogP contribution is 2.26. The monoisotopic (exact) mass is 365 g/mol. The van der Waals surface area contributed by atoms with Crippen molar-refractivity contribution in [3.63, 3.8) is 0 Å². The van der Waals surface area contributed by atoms with E-state index in [1.807, 2.05) is 13.8 Å².